The van der Waals surface area contributed by atoms with Gasteiger partial charge in [-0.1, -0.05) is 70.8 Å². The van der Waals surface area contributed by atoms with E-state index in [1.807, 2.05) is 68.4 Å². The van der Waals surface area contributed by atoms with Gasteiger partial charge in [0.05, 0.1) is 0 Å². The fourth-order valence-corrected chi connectivity index (χ4v) is 1.75. The molecular weight excluding hydrogens is 9800 g/mol. The SMILES string of the molecule is C.CC.[CH3-].[CH3-].[CH3-].[CH3-].[CH3-].[CH3-].[CH3-].[CH3-].[CH3-].[CH3-].[CH3-].[CH3-].[CH3-].[W].[W].[W].[W].[W].[W].[W].[W].[W].[W].[W].[W].[W].[W].[W].[W].[W].[W].[W].[W].[W].[W].[W].[W].[W].[W].[W].[W].[W].[W].[W].[W].[W].[W].[W].[W].[W].[W].[W].[W].[W].[W].[W].[W].[W].[W].[Y].[Y].[Y].[Y].[Y].[Y].[Y].[c-]1ccccc1.[c-]1ccccn1.[c-]1cccnc1.[c-]1ccncn1.[c-]1cnccn1.[c-]1ncccn1.[c-]1ncncn1. The molecule has 1 aromatic carbocycles. The van der Waals surface area contributed by atoms with Crippen molar-refractivity contribution in [3.8, 4) is 0 Å². The second kappa shape index (κ2) is 512. The van der Waals surface area contributed by atoms with E-state index in [-0.39, 0.29) is 1300 Å². The Morgan fingerprint density at radius 2 is 0.423 bits per heavy atom. The van der Waals surface area contributed by atoms with Crippen LogP contribution in [0.25, 0.3) is 0 Å². The van der Waals surface area contributed by atoms with Crippen LogP contribution < -0.4 is 0 Å². The fraction of sp³-hybridized carbons (Fsp3) is 0.0638. The summed E-state index contributed by atoms with van der Waals surface area (Å²) in [5.74, 6) is 0. The van der Waals surface area contributed by atoms with Gasteiger partial charge in [0, 0.05) is 1220 Å². The maximum absolute atomic E-state index is 3.73. The smallest absolute Gasteiger partial charge is 0.0241 e. The Morgan fingerprint density at radius 3 is 0.486 bits per heavy atom. The van der Waals surface area contributed by atoms with Crippen molar-refractivity contribution < 1.29 is 1200 Å². The number of benzene rings is 1. The molecule has 0 aliphatic carbocycles. The first-order valence-corrected chi connectivity index (χ1v) is 12.8. The average Bonchev–Trinajstić information content (AvgIpc) is 3.19. The molecule has 0 saturated carbocycles. The van der Waals surface area contributed by atoms with Crippen LogP contribution in [0.3, 0.4) is 0 Å². The van der Waals surface area contributed by atoms with E-state index in [4.69, 9.17) is 0 Å². The molecule has 6 aromatic heterocycles. The molecule has 0 fully saturated rings. The molecule has 0 amide bonds. The van der Waals surface area contributed by atoms with Crippen LogP contribution in [0.1, 0.15) is 21.3 Å². The third-order valence-corrected chi connectivity index (χ3v) is 3.31. The summed E-state index contributed by atoms with van der Waals surface area (Å²) < 4.78 is 0. The molecule has 11 nitrogen and oxygen atoms in total. The van der Waals surface area contributed by atoms with E-state index < -0.39 is 0 Å². The summed E-state index contributed by atoms with van der Waals surface area (Å²) in [5, 5.41) is 0. The van der Waals surface area contributed by atoms with Crippen molar-refractivity contribution in [1.29, 1.82) is 0 Å². The largest absolute Gasteiger partial charge is 0.456 e. The number of hydrogen-bond donors (Lipinski definition) is 0. The van der Waals surface area contributed by atoms with Gasteiger partial charge in [-0.25, -0.2) is 12.1 Å². The van der Waals surface area contributed by atoms with Crippen LogP contribution in [0.2, 0.25) is 0 Å². The quantitative estimate of drug-likeness (QED) is 0.134. The van der Waals surface area contributed by atoms with Crippen molar-refractivity contribution in [3.05, 3.63) is 287 Å². The Labute approximate surface area is 1520 Å². The van der Waals surface area contributed by atoms with E-state index in [1.54, 1.807) is 67.8 Å². The summed E-state index contributed by atoms with van der Waals surface area (Å²) >= 11 is 0. The molecule has 633 valence electrons. The Bertz CT molecular complexity index is 995. The average molecular weight is 9870 g/mol. The van der Waals surface area contributed by atoms with Gasteiger partial charge in [0.1, 0.15) is 0 Å². The van der Waals surface area contributed by atoms with Crippen LogP contribution >= 0.6 is 0 Å². The zero-order valence-corrected chi connectivity index (χ0v) is 215. The predicted octanol–water partition coefficient (Wildman–Crippen LogP) is 11.1. The Hall–Kier alpha value is 33.2. The summed E-state index contributed by atoms with van der Waals surface area (Å²) in [6.07, 6.45) is 31.3. The van der Waals surface area contributed by atoms with Crippen molar-refractivity contribution in [2.75, 3.05) is 0 Å². The molecule has 7 aromatic rings. The van der Waals surface area contributed by atoms with Gasteiger partial charge in [0.15, 0.2) is 0 Å². The van der Waals surface area contributed by atoms with Gasteiger partial charge in [-0.05, 0) is 18.7 Å². The first-order chi connectivity index (χ1) is 22.0. The van der Waals surface area contributed by atoms with Crippen molar-refractivity contribution in [2.45, 2.75) is 21.3 Å². The van der Waals surface area contributed by atoms with Crippen molar-refractivity contribution in [3.63, 3.8) is 0 Å². The number of rotatable bonds is 0. The fourth-order valence-electron chi connectivity index (χ4n) is 1.75. The first kappa shape index (κ1) is 509. The van der Waals surface area contributed by atoms with Crippen LogP contribution in [0.4, 0.5) is 0 Å². The maximum Gasteiger partial charge on any atom is 0.0241 e. The normalized spacial score (nSPS) is 3.08. The van der Waals surface area contributed by atoms with Gasteiger partial charge >= 0.3 is 0 Å². The Kier molecular flexibility index (Phi) is 2350. The zero-order chi connectivity index (χ0) is 31.7. The molecule has 6 heterocycles. The summed E-state index contributed by atoms with van der Waals surface area (Å²) in [6.45, 7) is 4.00. The van der Waals surface area contributed by atoms with E-state index in [2.05, 4.69) is 98.2 Å². The Morgan fingerprint density at radius 1 is 0.171 bits per heavy atom. The molecule has 7 radical (unpaired) electrons. The number of nitrogens with zero attached hydrogens (tertiary/aromatic N) is 11. The van der Waals surface area contributed by atoms with E-state index in [0.717, 1.165) is 0 Å². The minimum absolute atomic E-state index is 0. The molecule has 111 heavy (non-hydrogen) atoms. The summed E-state index contributed by atoms with van der Waals surface area (Å²) in [7, 11) is 0. The van der Waals surface area contributed by atoms with Gasteiger partial charge in [-0.3, -0.25) is 0 Å². The van der Waals surface area contributed by atoms with Gasteiger partial charge in [-0.2, -0.15) is 60.7 Å². The predicted molar refractivity (Wildman–Crippen MR) is 254 cm³/mol. The van der Waals surface area contributed by atoms with Crippen molar-refractivity contribution in [2.24, 2.45) is 0 Å². The third-order valence-electron chi connectivity index (χ3n) is 3.31. The standard InChI is InChI=1S/C6H5.2C5H4N.3C4H3N2.C3H2N3.C2H6.CH4.13CH3.46W.7Y/c3*1-2-4-6-5-3-1;1-2-6-4-3-5-1;2*1-2-5-4-6-3-1;1-4-2-6-3-5-1;1-2;;;;;;;;;;;;;;;;;;;;;;;;;;;;;;;;;;;;;;;;;;;;;;;;;;;;;;;;;;;;;;;;;;;/h1-5H;1-2,4-5H;1-4H;1-3H;1-2,4H;1-3H;1-2H;1-2H3;1H4;13*1H3;;;;;;;;;;;;;;;;;;;;;;;;;;;;;;;;;;;;;;;;;;;;;;;;;;;;;/q7*-1;;;13*-1;;;;;;;;;;;;;;;;;;;;;;;;;;;;;;;;;;;;;;;;;;;;;;;;;;;;;. The molecule has 0 saturated heterocycles. The topological polar surface area (TPSA) is 142 Å². The molecule has 0 bridgehead atoms. The second-order valence-corrected chi connectivity index (χ2v) is 6.25. The molecule has 0 aliphatic rings. The van der Waals surface area contributed by atoms with Crippen LogP contribution in [0.5, 0.6) is 0 Å². The minimum atomic E-state index is 0. The summed E-state index contributed by atoms with van der Waals surface area (Å²) in [6, 6.07) is 27.8. The minimum Gasteiger partial charge on any atom is -0.456 e. The monoisotopic (exact) mass is 9880 g/mol. The number of aromatic nitrogens is 11. The Balaban J connectivity index is -0.00000000267. The van der Waals surface area contributed by atoms with E-state index >= 15 is 0 Å². The first-order valence-electron chi connectivity index (χ1n) is 12.8. The second-order valence-electron chi connectivity index (χ2n) is 6.25. The maximum atomic E-state index is 3.73. The molecule has 0 aliphatic heterocycles. The van der Waals surface area contributed by atoms with E-state index in [9.17, 15) is 0 Å². The molecule has 64 heteroatoms. The summed E-state index contributed by atoms with van der Waals surface area (Å²) in [4.78, 5) is 39.3. The van der Waals surface area contributed by atoms with Gasteiger partial charge in [0.25, 0.3) is 0 Å². The molecule has 7 rings (SSSR count). The number of pyridine rings is 2. The number of hydrogen-bond acceptors (Lipinski definition) is 11. The molecule has 0 unspecified atom stereocenters. The summed E-state index contributed by atoms with van der Waals surface area (Å²) in [5.41, 5.74) is 0. The van der Waals surface area contributed by atoms with Gasteiger partial charge in [-0.15, -0.1) is 24.5 Å². The third kappa shape index (κ3) is 505. The van der Waals surface area contributed by atoms with Crippen molar-refractivity contribution in [1.82, 2.24) is 54.8 Å². The van der Waals surface area contributed by atoms with Gasteiger partial charge in [0.2, 0.25) is 0 Å². The molecular formula is C47H73N11W46Y7-20. The van der Waals surface area contributed by atoms with Crippen molar-refractivity contribution >= 4 is 0 Å². The van der Waals surface area contributed by atoms with E-state index in [0.29, 0.717) is 0 Å². The van der Waals surface area contributed by atoms with Crippen LogP contribution in [0, 0.1) is 140 Å². The van der Waals surface area contributed by atoms with Crippen LogP contribution in [0.15, 0.2) is 148 Å². The zero-order valence-electron chi connectivity index (χ0n) is 60.1. The molecule has 0 atom stereocenters. The van der Waals surface area contributed by atoms with E-state index in [1.165, 1.54) is 25.2 Å². The molecule has 0 spiro atoms. The van der Waals surface area contributed by atoms with Gasteiger partial charge < -0.3 is 151 Å². The van der Waals surface area contributed by atoms with Crippen LogP contribution in [-0.2, 0) is 1200 Å². The van der Waals surface area contributed by atoms with Crippen LogP contribution in [-0.4, -0.2) is 54.8 Å². The molecule has 0 N–H and O–H groups in total.